The van der Waals surface area contributed by atoms with Crippen molar-refractivity contribution in [3.8, 4) is 5.75 Å². The zero-order valence-electron chi connectivity index (χ0n) is 17.0. The zero-order valence-corrected chi connectivity index (χ0v) is 17.0. The molecule has 28 heavy (non-hydrogen) atoms. The van der Waals surface area contributed by atoms with Gasteiger partial charge in [-0.25, -0.2) is 4.79 Å². The molecule has 1 aliphatic heterocycles. The molecular weight excluding hydrogens is 360 g/mol. The Bertz CT molecular complexity index is 915. The lowest BCUT2D eigenvalue weighted by atomic mass is 10.0. The van der Waals surface area contributed by atoms with Gasteiger partial charge in [0.15, 0.2) is 6.10 Å². The van der Waals surface area contributed by atoms with Crippen LogP contribution in [0.5, 0.6) is 5.75 Å². The normalized spacial score (nSPS) is 16.1. The van der Waals surface area contributed by atoms with Crippen molar-refractivity contribution in [1.29, 1.82) is 0 Å². The average Bonchev–Trinajstić information content (AvgIpc) is 2.69. The van der Waals surface area contributed by atoms with E-state index in [-0.39, 0.29) is 11.5 Å². The Morgan fingerprint density at radius 1 is 1.18 bits per heavy atom. The first-order chi connectivity index (χ1) is 13.4. The number of aryl methyl sites for hydroxylation is 2. The SMILES string of the molecule is Cc1c(C)c2ccc(O[C@@H](C)C(=O)NCCN3CCOCC3)c(C)c2oc1=O. The number of ether oxygens (including phenoxy) is 2. The van der Waals surface area contributed by atoms with Crippen molar-refractivity contribution in [2.75, 3.05) is 39.4 Å². The predicted molar refractivity (Wildman–Crippen MR) is 107 cm³/mol. The van der Waals surface area contributed by atoms with Crippen molar-refractivity contribution in [2.45, 2.75) is 33.8 Å². The molecule has 2 aromatic rings. The molecule has 1 fully saturated rings. The molecule has 7 heteroatoms. The van der Waals surface area contributed by atoms with Gasteiger partial charge in [0.05, 0.1) is 13.2 Å². The van der Waals surface area contributed by atoms with E-state index in [1.807, 2.05) is 26.0 Å². The number of nitrogens with zero attached hydrogens (tertiary/aromatic N) is 1. The maximum atomic E-state index is 12.4. The summed E-state index contributed by atoms with van der Waals surface area (Å²) in [6.45, 7) is 11.8. The van der Waals surface area contributed by atoms with Gasteiger partial charge < -0.3 is 19.2 Å². The van der Waals surface area contributed by atoms with Crippen molar-refractivity contribution < 1.29 is 18.7 Å². The maximum absolute atomic E-state index is 12.4. The molecule has 1 aromatic carbocycles. The molecule has 7 nitrogen and oxygen atoms in total. The van der Waals surface area contributed by atoms with E-state index in [2.05, 4.69) is 10.2 Å². The minimum Gasteiger partial charge on any atom is -0.480 e. The lowest BCUT2D eigenvalue weighted by molar-refractivity contribution is -0.127. The van der Waals surface area contributed by atoms with Crippen LogP contribution >= 0.6 is 0 Å². The Morgan fingerprint density at radius 3 is 2.61 bits per heavy atom. The third kappa shape index (κ3) is 4.36. The molecule has 1 aromatic heterocycles. The number of carbonyl (C=O) groups excluding carboxylic acids is 1. The highest BCUT2D eigenvalue weighted by Gasteiger charge is 2.19. The zero-order chi connectivity index (χ0) is 20.3. The van der Waals surface area contributed by atoms with E-state index < -0.39 is 6.10 Å². The molecule has 0 unspecified atom stereocenters. The fourth-order valence-electron chi connectivity index (χ4n) is 3.30. The number of rotatable bonds is 6. The van der Waals surface area contributed by atoms with E-state index in [9.17, 15) is 9.59 Å². The number of carbonyl (C=O) groups is 1. The first kappa shape index (κ1) is 20.4. The van der Waals surface area contributed by atoms with Crippen molar-refractivity contribution in [1.82, 2.24) is 10.2 Å². The van der Waals surface area contributed by atoms with Gasteiger partial charge in [-0.3, -0.25) is 9.69 Å². The van der Waals surface area contributed by atoms with Crippen LogP contribution < -0.4 is 15.7 Å². The van der Waals surface area contributed by atoms with Crippen LogP contribution in [0.1, 0.15) is 23.6 Å². The number of nitrogens with one attached hydrogen (secondary N) is 1. The summed E-state index contributed by atoms with van der Waals surface area (Å²) in [6, 6.07) is 3.69. The highest BCUT2D eigenvalue weighted by atomic mass is 16.5. The molecule has 0 spiro atoms. The third-order valence-electron chi connectivity index (χ3n) is 5.33. The van der Waals surface area contributed by atoms with Crippen LogP contribution in [0, 0.1) is 20.8 Å². The lowest BCUT2D eigenvalue weighted by Gasteiger charge is -2.26. The van der Waals surface area contributed by atoms with Crippen LogP contribution in [0.15, 0.2) is 21.3 Å². The second kappa shape index (κ2) is 8.75. The van der Waals surface area contributed by atoms with Gasteiger partial charge in [-0.15, -0.1) is 0 Å². The first-order valence-electron chi connectivity index (χ1n) is 9.66. The lowest BCUT2D eigenvalue weighted by Crippen LogP contribution is -2.43. The minimum atomic E-state index is -0.654. The van der Waals surface area contributed by atoms with Gasteiger partial charge in [-0.2, -0.15) is 0 Å². The van der Waals surface area contributed by atoms with E-state index in [0.717, 1.165) is 43.8 Å². The predicted octanol–water partition coefficient (Wildman–Crippen LogP) is 1.93. The fraction of sp³-hybridized carbons (Fsp3) is 0.524. The summed E-state index contributed by atoms with van der Waals surface area (Å²) in [5, 5.41) is 3.79. The monoisotopic (exact) mass is 388 g/mol. The Morgan fingerprint density at radius 2 is 1.89 bits per heavy atom. The Balaban J connectivity index is 1.64. The fourth-order valence-corrected chi connectivity index (χ4v) is 3.30. The maximum Gasteiger partial charge on any atom is 0.339 e. The molecule has 152 valence electrons. The van der Waals surface area contributed by atoms with Crippen molar-refractivity contribution in [3.05, 3.63) is 39.2 Å². The van der Waals surface area contributed by atoms with Gasteiger partial charge >= 0.3 is 5.63 Å². The second-order valence-electron chi connectivity index (χ2n) is 7.21. The molecule has 1 aliphatic rings. The van der Waals surface area contributed by atoms with Crippen molar-refractivity contribution in [3.63, 3.8) is 0 Å². The molecule has 1 amide bonds. The highest BCUT2D eigenvalue weighted by Crippen LogP contribution is 2.29. The van der Waals surface area contributed by atoms with Crippen LogP contribution in [0.25, 0.3) is 11.0 Å². The second-order valence-corrected chi connectivity index (χ2v) is 7.21. The largest absolute Gasteiger partial charge is 0.480 e. The van der Waals surface area contributed by atoms with E-state index in [4.69, 9.17) is 13.9 Å². The molecule has 0 radical (unpaired) electrons. The summed E-state index contributed by atoms with van der Waals surface area (Å²) in [4.78, 5) is 26.6. The minimum absolute atomic E-state index is 0.172. The van der Waals surface area contributed by atoms with Gasteiger partial charge in [0.2, 0.25) is 0 Å². The third-order valence-corrected chi connectivity index (χ3v) is 5.33. The highest BCUT2D eigenvalue weighted by molar-refractivity contribution is 5.86. The molecule has 0 saturated carbocycles. The Hall–Kier alpha value is -2.38. The summed E-state index contributed by atoms with van der Waals surface area (Å²) in [5.41, 5.74) is 2.37. The van der Waals surface area contributed by atoms with Crippen molar-refractivity contribution >= 4 is 16.9 Å². The number of amides is 1. The Labute approximate surface area is 164 Å². The number of hydrogen-bond acceptors (Lipinski definition) is 6. The number of fused-ring (bicyclic) bond motifs is 1. The summed E-state index contributed by atoms with van der Waals surface area (Å²) >= 11 is 0. The molecule has 0 aliphatic carbocycles. The molecule has 2 heterocycles. The molecule has 1 N–H and O–H groups in total. The standard InChI is InChI=1S/C21H28N2O5/c1-13-14(2)21(25)28-19-15(3)18(6-5-17(13)19)27-16(4)20(24)22-7-8-23-9-11-26-12-10-23/h5-6,16H,7-12H2,1-4H3,(H,22,24)/t16-/m0/s1. The number of morpholine rings is 1. The van der Waals surface area contributed by atoms with E-state index in [1.165, 1.54) is 0 Å². The number of hydrogen-bond donors (Lipinski definition) is 1. The van der Waals surface area contributed by atoms with Crippen LogP contribution in [-0.4, -0.2) is 56.3 Å². The molecule has 0 bridgehead atoms. The van der Waals surface area contributed by atoms with Crippen LogP contribution in [0.4, 0.5) is 0 Å². The van der Waals surface area contributed by atoms with Gasteiger partial charge in [0.1, 0.15) is 11.3 Å². The molecular formula is C21H28N2O5. The van der Waals surface area contributed by atoms with Crippen LogP contribution in [0.2, 0.25) is 0 Å². The summed E-state index contributed by atoms with van der Waals surface area (Å²) in [7, 11) is 0. The average molecular weight is 388 g/mol. The number of benzene rings is 1. The topological polar surface area (TPSA) is 81.0 Å². The van der Waals surface area contributed by atoms with E-state index >= 15 is 0 Å². The summed E-state index contributed by atoms with van der Waals surface area (Å²) < 4.78 is 16.6. The van der Waals surface area contributed by atoms with E-state index in [0.29, 0.717) is 29.0 Å². The van der Waals surface area contributed by atoms with E-state index in [1.54, 1.807) is 13.8 Å². The van der Waals surface area contributed by atoms with Gasteiger partial charge in [0.25, 0.3) is 5.91 Å². The molecule has 3 rings (SSSR count). The smallest absolute Gasteiger partial charge is 0.339 e. The van der Waals surface area contributed by atoms with Gasteiger partial charge in [-0.05, 0) is 45.4 Å². The Kier molecular flexibility index (Phi) is 6.36. The molecule has 1 saturated heterocycles. The van der Waals surface area contributed by atoms with Crippen LogP contribution in [-0.2, 0) is 9.53 Å². The molecule has 1 atom stereocenters. The first-order valence-corrected chi connectivity index (χ1v) is 9.66. The summed E-state index contributed by atoms with van der Waals surface area (Å²) in [5.74, 6) is 0.365. The van der Waals surface area contributed by atoms with Crippen LogP contribution in [0.3, 0.4) is 0 Å². The van der Waals surface area contributed by atoms with Gasteiger partial charge in [-0.1, -0.05) is 0 Å². The van der Waals surface area contributed by atoms with Crippen molar-refractivity contribution in [2.24, 2.45) is 0 Å². The quantitative estimate of drug-likeness (QED) is 0.762. The summed E-state index contributed by atoms with van der Waals surface area (Å²) in [6.07, 6.45) is -0.654. The van der Waals surface area contributed by atoms with Gasteiger partial charge in [0, 0.05) is 42.7 Å².